The molecule has 0 heterocycles. The van der Waals surface area contributed by atoms with Crippen LogP contribution >= 0.6 is 7.92 Å². The first-order chi connectivity index (χ1) is 13.2. The van der Waals surface area contributed by atoms with Crippen molar-refractivity contribution in [3.8, 4) is 17.2 Å². The van der Waals surface area contributed by atoms with E-state index in [-0.39, 0.29) is 0 Å². The molecule has 0 atom stereocenters. The second-order valence-electron chi connectivity index (χ2n) is 5.83. The van der Waals surface area contributed by atoms with Gasteiger partial charge in [0, 0.05) is 0 Å². The molecule has 0 radical (unpaired) electrons. The van der Waals surface area contributed by atoms with Gasteiger partial charge in [0.25, 0.3) is 0 Å². The van der Waals surface area contributed by atoms with E-state index in [1.54, 1.807) is 20.3 Å². The minimum atomic E-state index is -0.693. The molecule has 0 spiro atoms. The lowest BCUT2D eigenvalue weighted by atomic mass is 10.3. The Kier molecular flexibility index (Phi) is 6.51. The monoisotopic (exact) mass is 378 g/mol. The SMILES string of the molecule is C=CCOc1ccc(P(c2ccc(OC)cc2)c2ccc(OC)cc2)cc1. The molecule has 3 rings (SSSR count). The lowest BCUT2D eigenvalue weighted by Gasteiger charge is -2.20. The maximum Gasteiger partial charge on any atom is 0.119 e. The number of hydrogen-bond donors (Lipinski definition) is 0. The van der Waals surface area contributed by atoms with Gasteiger partial charge in [0.2, 0.25) is 0 Å². The molecule has 0 aromatic heterocycles. The average molecular weight is 378 g/mol. The average Bonchev–Trinajstić information content (AvgIpc) is 2.74. The number of methoxy groups -OCH3 is 2. The molecule has 0 aliphatic rings. The molecule has 0 fully saturated rings. The lowest BCUT2D eigenvalue weighted by molar-refractivity contribution is 0.363. The molecular weight excluding hydrogens is 355 g/mol. The van der Waals surface area contributed by atoms with Crippen LogP contribution in [0.1, 0.15) is 0 Å². The van der Waals surface area contributed by atoms with E-state index in [1.807, 2.05) is 36.4 Å². The predicted octanol–water partition coefficient (Wildman–Crippen LogP) is 4.03. The van der Waals surface area contributed by atoms with Crippen LogP contribution in [-0.2, 0) is 0 Å². The molecule has 3 aromatic carbocycles. The van der Waals surface area contributed by atoms with Crippen molar-refractivity contribution in [2.45, 2.75) is 0 Å². The van der Waals surface area contributed by atoms with Crippen LogP contribution < -0.4 is 30.1 Å². The van der Waals surface area contributed by atoms with Gasteiger partial charge in [0.15, 0.2) is 0 Å². The highest BCUT2D eigenvalue weighted by Gasteiger charge is 2.17. The van der Waals surface area contributed by atoms with Crippen molar-refractivity contribution >= 4 is 23.8 Å². The van der Waals surface area contributed by atoms with Crippen LogP contribution in [0.4, 0.5) is 0 Å². The van der Waals surface area contributed by atoms with Crippen molar-refractivity contribution < 1.29 is 14.2 Å². The van der Waals surface area contributed by atoms with Gasteiger partial charge in [-0.25, -0.2) is 0 Å². The first-order valence-corrected chi connectivity index (χ1v) is 10.0. The van der Waals surface area contributed by atoms with Gasteiger partial charge in [-0.15, -0.1) is 0 Å². The number of ether oxygens (including phenoxy) is 3. The highest BCUT2D eigenvalue weighted by Crippen LogP contribution is 2.34. The fourth-order valence-electron chi connectivity index (χ4n) is 2.76. The number of hydrogen-bond acceptors (Lipinski definition) is 3. The molecule has 138 valence electrons. The molecule has 3 nitrogen and oxygen atoms in total. The first-order valence-electron chi connectivity index (χ1n) is 8.67. The highest BCUT2D eigenvalue weighted by molar-refractivity contribution is 7.79. The second kappa shape index (κ2) is 9.25. The Balaban J connectivity index is 1.98. The van der Waals surface area contributed by atoms with Gasteiger partial charge < -0.3 is 14.2 Å². The van der Waals surface area contributed by atoms with Crippen molar-refractivity contribution in [3.63, 3.8) is 0 Å². The van der Waals surface area contributed by atoms with Gasteiger partial charge in [0.1, 0.15) is 23.9 Å². The molecule has 0 unspecified atom stereocenters. The van der Waals surface area contributed by atoms with E-state index in [1.165, 1.54) is 15.9 Å². The first kappa shape index (κ1) is 19.0. The van der Waals surface area contributed by atoms with Crippen LogP contribution in [0.25, 0.3) is 0 Å². The molecule has 0 saturated heterocycles. The summed E-state index contributed by atoms with van der Waals surface area (Å²) in [5, 5.41) is 3.78. The Morgan fingerprint density at radius 1 is 0.667 bits per heavy atom. The van der Waals surface area contributed by atoms with E-state index in [0.717, 1.165) is 17.2 Å². The van der Waals surface area contributed by atoms with Crippen LogP contribution in [0.2, 0.25) is 0 Å². The summed E-state index contributed by atoms with van der Waals surface area (Å²) in [6, 6.07) is 24.9. The van der Waals surface area contributed by atoms with Crippen molar-refractivity contribution in [2.24, 2.45) is 0 Å². The largest absolute Gasteiger partial charge is 0.497 e. The standard InChI is InChI=1S/C23H23O3P/c1-4-17-26-20-9-15-23(16-10-20)27(21-11-5-18(24-2)6-12-21)22-13-7-19(25-3)8-14-22/h4-16H,1,17H2,2-3H3. The van der Waals surface area contributed by atoms with E-state index in [0.29, 0.717) is 6.61 Å². The van der Waals surface area contributed by atoms with Crippen molar-refractivity contribution in [3.05, 3.63) is 85.5 Å². The number of rotatable bonds is 8. The zero-order valence-corrected chi connectivity index (χ0v) is 16.5. The molecule has 0 aliphatic carbocycles. The van der Waals surface area contributed by atoms with E-state index in [4.69, 9.17) is 14.2 Å². The Hall–Kier alpha value is -2.77. The summed E-state index contributed by atoms with van der Waals surface area (Å²) < 4.78 is 16.2. The Labute approximate surface area is 162 Å². The highest BCUT2D eigenvalue weighted by atomic mass is 31.1. The molecular formula is C23H23O3P. The van der Waals surface area contributed by atoms with E-state index < -0.39 is 7.92 Å². The fraction of sp³-hybridized carbons (Fsp3) is 0.130. The summed E-state index contributed by atoms with van der Waals surface area (Å²) in [5.41, 5.74) is 0. The van der Waals surface area contributed by atoms with Crippen molar-refractivity contribution in [1.29, 1.82) is 0 Å². The van der Waals surface area contributed by atoms with Crippen LogP contribution in [0.3, 0.4) is 0 Å². The molecule has 0 aliphatic heterocycles. The Bertz CT molecular complexity index is 808. The zero-order chi connectivity index (χ0) is 19.1. The quantitative estimate of drug-likeness (QED) is 0.438. The molecule has 0 amide bonds. The minimum Gasteiger partial charge on any atom is -0.497 e. The Morgan fingerprint density at radius 2 is 1.04 bits per heavy atom. The minimum absolute atomic E-state index is 0.505. The second-order valence-corrected chi connectivity index (χ2v) is 8.05. The van der Waals surface area contributed by atoms with Gasteiger partial charge in [-0.3, -0.25) is 0 Å². The van der Waals surface area contributed by atoms with E-state index in [9.17, 15) is 0 Å². The molecule has 3 aromatic rings. The summed E-state index contributed by atoms with van der Waals surface area (Å²) in [4.78, 5) is 0. The normalized spacial score (nSPS) is 10.5. The molecule has 0 saturated carbocycles. The maximum absolute atomic E-state index is 5.62. The summed E-state index contributed by atoms with van der Waals surface area (Å²) in [5.74, 6) is 2.56. The summed E-state index contributed by atoms with van der Waals surface area (Å²) in [6.07, 6.45) is 1.75. The smallest absolute Gasteiger partial charge is 0.119 e. The maximum atomic E-state index is 5.62. The molecule has 4 heteroatoms. The summed E-state index contributed by atoms with van der Waals surface area (Å²) in [6.45, 7) is 4.19. The van der Waals surface area contributed by atoms with E-state index in [2.05, 4.69) is 43.0 Å². The third-order valence-electron chi connectivity index (χ3n) is 4.12. The zero-order valence-electron chi connectivity index (χ0n) is 15.6. The van der Waals surface area contributed by atoms with Crippen LogP contribution in [0, 0.1) is 0 Å². The van der Waals surface area contributed by atoms with Crippen LogP contribution in [-0.4, -0.2) is 20.8 Å². The Morgan fingerprint density at radius 3 is 1.37 bits per heavy atom. The van der Waals surface area contributed by atoms with Gasteiger partial charge in [-0.05, 0) is 60.2 Å². The van der Waals surface area contributed by atoms with Gasteiger partial charge in [-0.1, -0.05) is 49.1 Å². The van der Waals surface area contributed by atoms with E-state index >= 15 is 0 Å². The third-order valence-corrected chi connectivity index (χ3v) is 6.57. The molecule has 0 N–H and O–H groups in total. The third kappa shape index (κ3) is 4.69. The van der Waals surface area contributed by atoms with Crippen LogP contribution in [0.5, 0.6) is 17.2 Å². The van der Waals surface area contributed by atoms with Crippen molar-refractivity contribution in [1.82, 2.24) is 0 Å². The predicted molar refractivity (Wildman–Crippen MR) is 114 cm³/mol. The molecule has 27 heavy (non-hydrogen) atoms. The van der Waals surface area contributed by atoms with Gasteiger partial charge in [0.05, 0.1) is 14.2 Å². The topological polar surface area (TPSA) is 27.7 Å². The van der Waals surface area contributed by atoms with Gasteiger partial charge in [-0.2, -0.15) is 0 Å². The van der Waals surface area contributed by atoms with Crippen molar-refractivity contribution in [2.75, 3.05) is 20.8 Å². The molecule has 0 bridgehead atoms. The van der Waals surface area contributed by atoms with Crippen LogP contribution in [0.15, 0.2) is 85.5 Å². The van der Waals surface area contributed by atoms with Gasteiger partial charge >= 0.3 is 0 Å². The lowest BCUT2D eigenvalue weighted by Crippen LogP contribution is -2.20. The summed E-state index contributed by atoms with van der Waals surface area (Å²) >= 11 is 0. The number of benzene rings is 3. The fourth-order valence-corrected chi connectivity index (χ4v) is 4.99. The summed E-state index contributed by atoms with van der Waals surface area (Å²) in [7, 11) is 2.67.